The zero-order valence-corrected chi connectivity index (χ0v) is 18.7. The van der Waals surface area contributed by atoms with Crippen molar-refractivity contribution in [3.05, 3.63) is 59.7 Å². The average Bonchev–Trinajstić information content (AvgIpc) is 3.57. The zero-order chi connectivity index (χ0) is 24.3. The van der Waals surface area contributed by atoms with Crippen LogP contribution in [0.2, 0.25) is 0 Å². The summed E-state index contributed by atoms with van der Waals surface area (Å²) in [5.74, 6) is -2.68. The number of benzene rings is 2. The third kappa shape index (κ3) is 4.73. The number of amides is 2. The summed E-state index contributed by atoms with van der Waals surface area (Å²) in [4.78, 5) is 47.8. The normalized spacial score (nSPS) is 15.9. The Kier molecular flexibility index (Phi) is 6.54. The molecule has 2 aliphatic rings. The molecule has 0 spiro atoms. The third-order valence-electron chi connectivity index (χ3n) is 6.45. The fourth-order valence-electron chi connectivity index (χ4n) is 4.29. The molecule has 0 aromatic heterocycles. The standard InChI is InChI=1S/C25H26N2O7/c1-33-21(28)12-20(22(29)30)27-23(31)25(10-11-25)14-26-24(32)34-13-19-17-8-4-2-6-15(17)16-7-3-5-9-18(16)19/h2-9,19-20H,10-14H2,1H3,(H,26,32)(H,27,31)(H,29,30)/t20-/m0/s1. The van der Waals surface area contributed by atoms with Crippen LogP contribution in [0, 0.1) is 5.41 Å². The van der Waals surface area contributed by atoms with E-state index in [9.17, 15) is 24.3 Å². The van der Waals surface area contributed by atoms with Crippen LogP contribution < -0.4 is 10.6 Å². The van der Waals surface area contributed by atoms with Gasteiger partial charge in [-0.1, -0.05) is 48.5 Å². The second-order valence-electron chi connectivity index (χ2n) is 8.60. The van der Waals surface area contributed by atoms with Gasteiger partial charge in [-0.05, 0) is 35.1 Å². The van der Waals surface area contributed by atoms with E-state index in [1.807, 2.05) is 48.5 Å². The molecule has 2 aliphatic carbocycles. The van der Waals surface area contributed by atoms with Crippen molar-refractivity contribution in [3.63, 3.8) is 0 Å². The molecule has 0 aliphatic heterocycles. The molecule has 2 amide bonds. The predicted octanol–water partition coefficient (Wildman–Crippen LogP) is 2.44. The average molecular weight is 466 g/mol. The number of hydrogen-bond donors (Lipinski definition) is 3. The largest absolute Gasteiger partial charge is 0.480 e. The van der Waals surface area contributed by atoms with E-state index >= 15 is 0 Å². The molecule has 1 saturated carbocycles. The minimum absolute atomic E-state index is 0.0140. The molecule has 0 bridgehead atoms. The highest BCUT2D eigenvalue weighted by Crippen LogP contribution is 2.46. The summed E-state index contributed by atoms with van der Waals surface area (Å²) in [5.41, 5.74) is 3.54. The second-order valence-corrected chi connectivity index (χ2v) is 8.60. The molecule has 0 heterocycles. The highest BCUT2D eigenvalue weighted by Gasteiger charge is 2.51. The van der Waals surface area contributed by atoms with E-state index < -0.39 is 41.8 Å². The number of nitrogens with one attached hydrogen (secondary N) is 2. The Labute approximate surface area is 196 Å². The Morgan fingerprint density at radius 1 is 1.03 bits per heavy atom. The Hall–Kier alpha value is -3.88. The van der Waals surface area contributed by atoms with Gasteiger partial charge in [0.25, 0.3) is 0 Å². The number of alkyl carbamates (subject to hydrolysis) is 1. The van der Waals surface area contributed by atoms with Crippen LogP contribution in [0.4, 0.5) is 4.79 Å². The van der Waals surface area contributed by atoms with Crippen molar-refractivity contribution in [2.24, 2.45) is 5.41 Å². The van der Waals surface area contributed by atoms with Crippen LogP contribution >= 0.6 is 0 Å². The lowest BCUT2D eigenvalue weighted by Crippen LogP contribution is -2.48. The summed E-state index contributed by atoms with van der Waals surface area (Å²) in [6.07, 6.45) is -0.140. The van der Waals surface area contributed by atoms with Crippen molar-refractivity contribution in [1.82, 2.24) is 10.6 Å². The summed E-state index contributed by atoms with van der Waals surface area (Å²) in [7, 11) is 1.14. The molecule has 0 radical (unpaired) electrons. The van der Waals surface area contributed by atoms with Gasteiger partial charge in [-0.2, -0.15) is 0 Å². The maximum absolute atomic E-state index is 12.6. The minimum atomic E-state index is -1.40. The number of carboxylic acids is 1. The van der Waals surface area contributed by atoms with Gasteiger partial charge in [-0.25, -0.2) is 9.59 Å². The number of carbonyl (C=O) groups excluding carboxylic acids is 3. The molecule has 2 aromatic carbocycles. The number of hydrogen-bond acceptors (Lipinski definition) is 6. The Morgan fingerprint density at radius 3 is 2.15 bits per heavy atom. The van der Waals surface area contributed by atoms with E-state index in [1.54, 1.807) is 0 Å². The smallest absolute Gasteiger partial charge is 0.407 e. The van der Waals surface area contributed by atoms with Crippen LogP contribution in [-0.4, -0.2) is 55.3 Å². The molecule has 34 heavy (non-hydrogen) atoms. The summed E-state index contributed by atoms with van der Waals surface area (Å²) in [6, 6.07) is 14.6. The maximum Gasteiger partial charge on any atom is 0.407 e. The topological polar surface area (TPSA) is 131 Å². The van der Waals surface area contributed by atoms with Gasteiger partial charge in [-0.3, -0.25) is 9.59 Å². The lowest BCUT2D eigenvalue weighted by molar-refractivity contribution is -0.149. The number of fused-ring (bicyclic) bond motifs is 3. The van der Waals surface area contributed by atoms with Crippen molar-refractivity contribution in [2.75, 3.05) is 20.3 Å². The predicted molar refractivity (Wildman–Crippen MR) is 121 cm³/mol. The van der Waals surface area contributed by atoms with Crippen LogP contribution in [0.1, 0.15) is 36.3 Å². The highest BCUT2D eigenvalue weighted by molar-refractivity contribution is 5.91. The SMILES string of the molecule is COC(=O)C[C@H](NC(=O)C1(CNC(=O)OCC2c3ccccc3-c3ccccc32)CC1)C(=O)O. The van der Waals surface area contributed by atoms with Crippen LogP contribution in [0.15, 0.2) is 48.5 Å². The number of ether oxygens (including phenoxy) is 2. The van der Waals surface area contributed by atoms with Crippen molar-refractivity contribution >= 4 is 23.9 Å². The van der Waals surface area contributed by atoms with Gasteiger partial charge in [0.15, 0.2) is 0 Å². The fraction of sp³-hybridized carbons (Fsp3) is 0.360. The first-order chi connectivity index (χ1) is 16.3. The molecule has 2 aromatic rings. The molecule has 9 heteroatoms. The van der Waals surface area contributed by atoms with E-state index in [4.69, 9.17) is 4.74 Å². The number of carbonyl (C=O) groups is 4. The Bertz CT molecular complexity index is 1080. The number of carboxylic acid groups (broad SMARTS) is 1. The van der Waals surface area contributed by atoms with Gasteiger partial charge in [0, 0.05) is 12.5 Å². The van der Waals surface area contributed by atoms with Gasteiger partial charge in [0.05, 0.1) is 18.9 Å². The third-order valence-corrected chi connectivity index (χ3v) is 6.45. The van der Waals surface area contributed by atoms with Crippen molar-refractivity contribution in [3.8, 4) is 11.1 Å². The van der Waals surface area contributed by atoms with Gasteiger partial charge in [0.2, 0.25) is 5.91 Å². The van der Waals surface area contributed by atoms with Gasteiger partial charge in [-0.15, -0.1) is 0 Å². The van der Waals surface area contributed by atoms with Crippen LogP contribution in [0.25, 0.3) is 11.1 Å². The van der Waals surface area contributed by atoms with E-state index in [2.05, 4.69) is 15.4 Å². The Morgan fingerprint density at radius 2 is 1.62 bits per heavy atom. The molecule has 1 fully saturated rings. The minimum Gasteiger partial charge on any atom is -0.480 e. The van der Waals surface area contributed by atoms with Crippen LogP contribution in [0.3, 0.4) is 0 Å². The van der Waals surface area contributed by atoms with Gasteiger partial charge >= 0.3 is 18.0 Å². The van der Waals surface area contributed by atoms with Crippen molar-refractivity contribution < 1.29 is 33.8 Å². The van der Waals surface area contributed by atoms with E-state index in [0.717, 1.165) is 29.4 Å². The molecular formula is C25H26N2O7. The molecule has 178 valence electrons. The molecule has 3 N–H and O–H groups in total. The first kappa shape index (κ1) is 23.3. The number of methoxy groups -OCH3 is 1. The summed E-state index contributed by atoms with van der Waals surface area (Å²) < 4.78 is 9.97. The molecule has 0 unspecified atom stereocenters. The molecule has 1 atom stereocenters. The Balaban J connectivity index is 1.32. The molecule has 4 rings (SSSR count). The summed E-state index contributed by atoms with van der Waals surface area (Å²) >= 11 is 0. The van der Waals surface area contributed by atoms with Crippen LogP contribution in [-0.2, 0) is 23.9 Å². The van der Waals surface area contributed by atoms with Gasteiger partial charge < -0.3 is 25.2 Å². The summed E-state index contributed by atoms with van der Waals surface area (Å²) in [5, 5.41) is 14.3. The second kappa shape index (κ2) is 9.54. The zero-order valence-electron chi connectivity index (χ0n) is 18.7. The molecular weight excluding hydrogens is 440 g/mol. The summed E-state index contributed by atoms with van der Waals surface area (Å²) in [6.45, 7) is 0.166. The van der Waals surface area contributed by atoms with Crippen molar-refractivity contribution in [2.45, 2.75) is 31.2 Å². The quantitative estimate of drug-likeness (QED) is 0.484. The van der Waals surface area contributed by atoms with E-state index in [0.29, 0.717) is 12.8 Å². The number of esters is 1. The molecule has 9 nitrogen and oxygen atoms in total. The monoisotopic (exact) mass is 466 g/mol. The highest BCUT2D eigenvalue weighted by atomic mass is 16.5. The van der Waals surface area contributed by atoms with Gasteiger partial charge in [0.1, 0.15) is 12.6 Å². The maximum atomic E-state index is 12.6. The first-order valence-corrected chi connectivity index (χ1v) is 11.0. The lowest BCUT2D eigenvalue weighted by Gasteiger charge is -2.20. The number of aliphatic carboxylic acids is 1. The fourth-order valence-corrected chi connectivity index (χ4v) is 4.29. The lowest BCUT2D eigenvalue weighted by atomic mass is 9.98. The molecule has 0 saturated heterocycles. The van der Waals surface area contributed by atoms with E-state index in [1.165, 1.54) is 0 Å². The van der Waals surface area contributed by atoms with Crippen LogP contribution in [0.5, 0.6) is 0 Å². The number of rotatable bonds is 9. The first-order valence-electron chi connectivity index (χ1n) is 11.0. The van der Waals surface area contributed by atoms with E-state index in [-0.39, 0.29) is 19.1 Å². The van der Waals surface area contributed by atoms with Crippen molar-refractivity contribution in [1.29, 1.82) is 0 Å².